The molecule has 0 fully saturated rings. The van der Waals surface area contributed by atoms with E-state index in [0.29, 0.717) is 33.5 Å². The zero-order chi connectivity index (χ0) is 17.9. The maximum Gasteiger partial charge on any atom is 0.259 e. The molecule has 4 rings (SSSR count). The molecule has 0 spiro atoms. The van der Waals surface area contributed by atoms with Crippen molar-refractivity contribution in [3.05, 3.63) is 78.4 Å². The van der Waals surface area contributed by atoms with Gasteiger partial charge in [0.25, 0.3) is 5.91 Å². The first kappa shape index (κ1) is 16.1. The highest BCUT2D eigenvalue weighted by atomic mass is 32.1. The first-order chi connectivity index (χ1) is 12.7. The lowest BCUT2D eigenvalue weighted by Crippen LogP contribution is -2.19. The molecule has 128 valence electrons. The number of hydrogen-bond acceptors (Lipinski definition) is 3. The number of ether oxygens (including phenoxy) is 1. The van der Waals surface area contributed by atoms with Gasteiger partial charge in [-0.15, -0.1) is 0 Å². The van der Waals surface area contributed by atoms with E-state index in [2.05, 4.69) is 16.0 Å². The van der Waals surface area contributed by atoms with E-state index in [4.69, 9.17) is 17.0 Å². The van der Waals surface area contributed by atoms with Crippen molar-refractivity contribution in [3.8, 4) is 11.5 Å². The Morgan fingerprint density at radius 1 is 0.846 bits per heavy atom. The Morgan fingerprint density at radius 2 is 1.58 bits per heavy atom. The molecule has 0 aliphatic carbocycles. The van der Waals surface area contributed by atoms with Crippen molar-refractivity contribution < 1.29 is 9.53 Å². The summed E-state index contributed by atoms with van der Waals surface area (Å²) in [4.78, 5) is 12.5. The van der Waals surface area contributed by atoms with Crippen LogP contribution in [0.4, 0.5) is 17.1 Å². The van der Waals surface area contributed by atoms with Crippen LogP contribution in [0.1, 0.15) is 10.4 Å². The number of carbonyl (C=O) groups is 1. The van der Waals surface area contributed by atoms with E-state index in [1.165, 1.54) is 0 Å². The van der Waals surface area contributed by atoms with E-state index >= 15 is 0 Å². The number of para-hydroxylation sites is 3. The highest BCUT2D eigenvalue weighted by Crippen LogP contribution is 2.36. The Kier molecular flexibility index (Phi) is 4.25. The molecule has 0 atom stereocenters. The molecule has 3 aromatic rings. The third kappa shape index (κ3) is 3.36. The van der Waals surface area contributed by atoms with E-state index < -0.39 is 0 Å². The van der Waals surface area contributed by atoms with Gasteiger partial charge in [-0.25, -0.2) is 0 Å². The highest BCUT2D eigenvalue weighted by Gasteiger charge is 2.21. The van der Waals surface area contributed by atoms with E-state index in [1.807, 2.05) is 54.6 Å². The van der Waals surface area contributed by atoms with Crippen molar-refractivity contribution in [1.82, 2.24) is 0 Å². The predicted octanol–water partition coefficient (Wildman–Crippen LogP) is 4.85. The summed E-state index contributed by atoms with van der Waals surface area (Å²) >= 11 is 5.33. The van der Waals surface area contributed by atoms with Crippen LogP contribution >= 0.6 is 12.2 Å². The van der Waals surface area contributed by atoms with E-state index in [0.717, 1.165) is 5.69 Å². The van der Waals surface area contributed by atoms with Gasteiger partial charge in [0.1, 0.15) is 5.75 Å². The number of amides is 1. The monoisotopic (exact) mass is 361 g/mol. The Labute approximate surface area is 156 Å². The van der Waals surface area contributed by atoms with Crippen LogP contribution in [0.25, 0.3) is 0 Å². The third-order valence-electron chi connectivity index (χ3n) is 3.87. The average molecular weight is 361 g/mol. The van der Waals surface area contributed by atoms with Gasteiger partial charge in [-0.3, -0.25) is 4.79 Å². The molecule has 5 nitrogen and oxygen atoms in total. The molecule has 3 N–H and O–H groups in total. The van der Waals surface area contributed by atoms with Crippen LogP contribution in [0.5, 0.6) is 11.5 Å². The summed E-state index contributed by atoms with van der Waals surface area (Å²) in [6, 6.07) is 22.2. The lowest BCUT2D eigenvalue weighted by molar-refractivity contribution is 0.102. The Bertz CT molecular complexity index is 989. The topological polar surface area (TPSA) is 62.4 Å². The van der Waals surface area contributed by atoms with Crippen LogP contribution in [0.3, 0.4) is 0 Å². The lowest BCUT2D eigenvalue weighted by Gasteiger charge is -2.12. The number of fused-ring (bicyclic) bond motifs is 2. The number of nitrogens with one attached hydrogen (secondary N) is 3. The number of thiocarbonyl (C=S) groups is 1. The standard InChI is InChI=1S/C20H15N3O2S/c24-19-15-12-14(22-20(26)21-13-6-2-1-3-7-13)10-11-17(15)25-18-9-5-4-8-16(18)23-19/h1-12H,(H,23,24)(H2,21,22,26). The van der Waals surface area contributed by atoms with Crippen molar-refractivity contribution in [2.75, 3.05) is 16.0 Å². The van der Waals surface area contributed by atoms with Gasteiger partial charge in [0.05, 0.1) is 11.3 Å². The zero-order valence-corrected chi connectivity index (χ0v) is 14.5. The number of rotatable bonds is 2. The minimum atomic E-state index is -0.226. The molecule has 1 aliphatic rings. The van der Waals surface area contributed by atoms with Crippen LogP contribution < -0.4 is 20.7 Å². The molecule has 1 amide bonds. The highest BCUT2D eigenvalue weighted by molar-refractivity contribution is 7.80. The summed E-state index contributed by atoms with van der Waals surface area (Å²) in [7, 11) is 0. The second kappa shape index (κ2) is 6.85. The van der Waals surface area contributed by atoms with Crippen LogP contribution in [-0.4, -0.2) is 11.0 Å². The fraction of sp³-hybridized carbons (Fsp3) is 0. The van der Waals surface area contributed by atoms with E-state index in [-0.39, 0.29) is 5.91 Å². The fourth-order valence-electron chi connectivity index (χ4n) is 2.66. The van der Waals surface area contributed by atoms with Crippen molar-refractivity contribution in [1.29, 1.82) is 0 Å². The van der Waals surface area contributed by atoms with Crippen LogP contribution in [0.15, 0.2) is 72.8 Å². The fourth-order valence-corrected chi connectivity index (χ4v) is 2.89. The predicted molar refractivity (Wildman–Crippen MR) is 107 cm³/mol. The Morgan fingerprint density at radius 3 is 2.42 bits per heavy atom. The second-order valence-electron chi connectivity index (χ2n) is 5.71. The largest absolute Gasteiger partial charge is 0.454 e. The summed E-state index contributed by atoms with van der Waals surface area (Å²) in [6.45, 7) is 0. The number of benzene rings is 3. The summed E-state index contributed by atoms with van der Waals surface area (Å²) in [6.07, 6.45) is 0. The minimum Gasteiger partial charge on any atom is -0.454 e. The molecule has 6 heteroatoms. The van der Waals surface area contributed by atoms with Gasteiger partial charge in [-0.05, 0) is 54.7 Å². The van der Waals surface area contributed by atoms with Crippen LogP contribution in [0, 0.1) is 0 Å². The van der Waals surface area contributed by atoms with Crippen molar-refractivity contribution in [2.45, 2.75) is 0 Å². The summed E-state index contributed by atoms with van der Waals surface area (Å²) in [5.74, 6) is 0.886. The van der Waals surface area contributed by atoms with Crippen molar-refractivity contribution >= 4 is 40.3 Å². The van der Waals surface area contributed by atoms with Crippen molar-refractivity contribution in [2.24, 2.45) is 0 Å². The average Bonchev–Trinajstić information content (AvgIpc) is 2.78. The smallest absolute Gasteiger partial charge is 0.259 e. The molecule has 26 heavy (non-hydrogen) atoms. The van der Waals surface area contributed by atoms with Gasteiger partial charge in [0.2, 0.25) is 0 Å². The third-order valence-corrected chi connectivity index (χ3v) is 4.07. The first-order valence-electron chi connectivity index (χ1n) is 8.04. The number of anilines is 3. The summed E-state index contributed by atoms with van der Waals surface area (Å²) < 4.78 is 5.87. The normalized spacial score (nSPS) is 11.9. The summed E-state index contributed by atoms with van der Waals surface area (Å²) in [5.41, 5.74) is 2.66. The van der Waals surface area contributed by atoms with Gasteiger partial charge in [-0.1, -0.05) is 30.3 Å². The second-order valence-corrected chi connectivity index (χ2v) is 6.12. The molecule has 0 aromatic heterocycles. The summed E-state index contributed by atoms with van der Waals surface area (Å²) in [5, 5.41) is 9.48. The molecule has 0 radical (unpaired) electrons. The maximum atomic E-state index is 12.5. The molecule has 3 aromatic carbocycles. The van der Waals surface area contributed by atoms with Gasteiger partial charge in [0, 0.05) is 11.4 Å². The van der Waals surface area contributed by atoms with E-state index in [1.54, 1.807) is 18.2 Å². The van der Waals surface area contributed by atoms with Crippen molar-refractivity contribution in [3.63, 3.8) is 0 Å². The van der Waals surface area contributed by atoms with Gasteiger partial charge in [-0.2, -0.15) is 0 Å². The molecule has 0 unspecified atom stereocenters. The van der Waals surface area contributed by atoms with Gasteiger partial charge < -0.3 is 20.7 Å². The molecule has 0 saturated heterocycles. The number of hydrogen-bond donors (Lipinski definition) is 3. The van der Waals surface area contributed by atoms with Gasteiger partial charge in [0.15, 0.2) is 10.9 Å². The molecule has 0 saturated carbocycles. The SMILES string of the molecule is O=C1Nc2ccccc2Oc2ccc(NC(=S)Nc3ccccc3)cc21. The zero-order valence-electron chi connectivity index (χ0n) is 13.7. The molecule has 1 heterocycles. The number of carbonyl (C=O) groups excluding carboxylic acids is 1. The van der Waals surface area contributed by atoms with Crippen LogP contribution in [-0.2, 0) is 0 Å². The van der Waals surface area contributed by atoms with Gasteiger partial charge >= 0.3 is 0 Å². The first-order valence-corrected chi connectivity index (χ1v) is 8.45. The molecule has 1 aliphatic heterocycles. The minimum absolute atomic E-state index is 0.226. The Balaban J connectivity index is 1.55. The quantitative estimate of drug-likeness (QED) is 0.569. The molecular weight excluding hydrogens is 346 g/mol. The molecule has 0 bridgehead atoms. The van der Waals surface area contributed by atoms with E-state index in [9.17, 15) is 4.79 Å². The van der Waals surface area contributed by atoms with Crippen LogP contribution in [0.2, 0.25) is 0 Å². The maximum absolute atomic E-state index is 12.5. The lowest BCUT2D eigenvalue weighted by atomic mass is 10.1. The molecular formula is C20H15N3O2S. The Hall–Kier alpha value is -3.38.